The summed E-state index contributed by atoms with van der Waals surface area (Å²) in [5.41, 5.74) is 6.65. The van der Waals surface area contributed by atoms with Gasteiger partial charge in [0.05, 0.1) is 5.56 Å². The summed E-state index contributed by atoms with van der Waals surface area (Å²) in [5.74, 6) is 2.50. The molecule has 0 bridgehead atoms. The second kappa shape index (κ2) is 5.49. The number of anilines is 1. The molecule has 2 N–H and O–H groups in total. The van der Waals surface area contributed by atoms with E-state index in [2.05, 4.69) is 16.9 Å². The molecule has 2 aromatic rings. The SMILES string of the molecule is CCCc1nc(N)c(C)c(Oc2ccccc2)n1. The highest BCUT2D eigenvalue weighted by molar-refractivity contribution is 5.45. The average Bonchev–Trinajstić information content (AvgIpc) is 2.37. The Labute approximate surface area is 107 Å². The highest BCUT2D eigenvalue weighted by Crippen LogP contribution is 2.25. The van der Waals surface area contributed by atoms with Crippen molar-refractivity contribution in [2.45, 2.75) is 26.7 Å². The summed E-state index contributed by atoms with van der Waals surface area (Å²) >= 11 is 0. The lowest BCUT2D eigenvalue weighted by Gasteiger charge is -2.10. The molecule has 0 unspecified atom stereocenters. The van der Waals surface area contributed by atoms with Gasteiger partial charge >= 0.3 is 0 Å². The van der Waals surface area contributed by atoms with Crippen LogP contribution in [0.15, 0.2) is 30.3 Å². The van der Waals surface area contributed by atoms with Crippen molar-refractivity contribution in [1.29, 1.82) is 0 Å². The monoisotopic (exact) mass is 243 g/mol. The molecule has 0 aliphatic carbocycles. The normalized spacial score (nSPS) is 10.3. The van der Waals surface area contributed by atoms with Crippen molar-refractivity contribution in [3.8, 4) is 11.6 Å². The summed E-state index contributed by atoms with van der Waals surface area (Å²) in [6.07, 6.45) is 1.78. The van der Waals surface area contributed by atoms with Gasteiger partial charge in [-0.15, -0.1) is 0 Å². The molecule has 4 heteroatoms. The van der Waals surface area contributed by atoms with Gasteiger partial charge in [0.2, 0.25) is 5.88 Å². The van der Waals surface area contributed by atoms with Gasteiger partial charge in [-0.3, -0.25) is 0 Å². The number of benzene rings is 1. The predicted octanol–water partition coefficient (Wildman–Crippen LogP) is 3.11. The molecule has 2 rings (SSSR count). The first-order valence-corrected chi connectivity index (χ1v) is 6.06. The number of aryl methyl sites for hydroxylation is 1. The van der Waals surface area contributed by atoms with Crippen molar-refractivity contribution in [1.82, 2.24) is 9.97 Å². The Bertz CT molecular complexity index is 526. The number of rotatable bonds is 4. The van der Waals surface area contributed by atoms with Crippen molar-refractivity contribution in [2.24, 2.45) is 0 Å². The molecule has 94 valence electrons. The molecule has 1 heterocycles. The van der Waals surface area contributed by atoms with Crippen LogP contribution in [0.4, 0.5) is 5.82 Å². The first-order valence-electron chi connectivity index (χ1n) is 6.06. The number of nitrogen functional groups attached to an aromatic ring is 1. The third-order valence-electron chi connectivity index (χ3n) is 2.62. The maximum atomic E-state index is 5.87. The summed E-state index contributed by atoms with van der Waals surface area (Å²) < 4.78 is 5.75. The van der Waals surface area contributed by atoms with E-state index in [0.29, 0.717) is 11.7 Å². The van der Waals surface area contributed by atoms with Gasteiger partial charge in [0.25, 0.3) is 0 Å². The van der Waals surface area contributed by atoms with Crippen molar-refractivity contribution in [3.05, 3.63) is 41.7 Å². The topological polar surface area (TPSA) is 61.0 Å². The highest BCUT2D eigenvalue weighted by Gasteiger charge is 2.10. The smallest absolute Gasteiger partial charge is 0.227 e. The van der Waals surface area contributed by atoms with Crippen molar-refractivity contribution in [2.75, 3.05) is 5.73 Å². The minimum Gasteiger partial charge on any atom is -0.439 e. The minimum atomic E-state index is 0.486. The van der Waals surface area contributed by atoms with Crippen LogP contribution in [0.25, 0.3) is 0 Å². The van der Waals surface area contributed by atoms with Crippen molar-refractivity contribution < 1.29 is 4.74 Å². The maximum Gasteiger partial charge on any atom is 0.227 e. The van der Waals surface area contributed by atoms with E-state index in [0.717, 1.165) is 30.0 Å². The van der Waals surface area contributed by atoms with Gasteiger partial charge in [-0.25, -0.2) is 4.98 Å². The lowest BCUT2D eigenvalue weighted by Crippen LogP contribution is -2.04. The standard InChI is InChI=1S/C14H17N3O/c1-3-7-12-16-13(15)10(2)14(17-12)18-11-8-5-4-6-9-11/h4-6,8-9H,3,7H2,1-2H3,(H2,15,16,17). The van der Waals surface area contributed by atoms with Gasteiger partial charge in [-0.2, -0.15) is 4.98 Å². The Morgan fingerprint density at radius 3 is 2.56 bits per heavy atom. The molecule has 4 nitrogen and oxygen atoms in total. The van der Waals surface area contributed by atoms with Gasteiger partial charge in [0.1, 0.15) is 17.4 Å². The Hall–Kier alpha value is -2.10. The van der Waals surface area contributed by atoms with Crippen LogP contribution in [0, 0.1) is 6.92 Å². The number of aromatic nitrogens is 2. The van der Waals surface area contributed by atoms with Crippen LogP contribution >= 0.6 is 0 Å². The third kappa shape index (κ3) is 2.77. The van der Waals surface area contributed by atoms with Gasteiger partial charge in [-0.1, -0.05) is 25.1 Å². The second-order valence-electron chi connectivity index (χ2n) is 4.12. The van der Waals surface area contributed by atoms with Gasteiger partial charge in [-0.05, 0) is 25.5 Å². The van der Waals surface area contributed by atoms with E-state index in [1.54, 1.807) is 0 Å². The fourth-order valence-corrected chi connectivity index (χ4v) is 1.59. The summed E-state index contributed by atoms with van der Waals surface area (Å²) in [4.78, 5) is 8.66. The lowest BCUT2D eigenvalue weighted by atomic mass is 10.3. The summed E-state index contributed by atoms with van der Waals surface area (Å²) in [7, 11) is 0. The maximum absolute atomic E-state index is 5.87. The number of ether oxygens (including phenoxy) is 1. The summed E-state index contributed by atoms with van der Waals surface area (Å²) in [5, 5.41) is 0. The largest absolute Gasteiger partial charge is 0.439 e. The van der Waals surface area contributed by atoms with E-state index in [-0.39, 0.29) is 0 Å². The number of nitrogens with two attached hydrogens (primary N) is 1. The fourth-order valence-electron chi connectivity index (χ4n) is 1.59. The molecule has 1 aromatic heterocycles. The molecule has 0 atom stereocenters. The van der Waals surface area contributed by atoms with E-state index in [1.807, 2.05) is 37.3 Å². The van der Waals surface area contributed by atoms with E-state index >= 15 is 0 Å². The van der Waals surface area contributed by atoms with E-state index in [1.165, 1.54) is 0 Å². The van der Waals surface area contributed by atoms with Crippen LogP contribution in [0.1, 0.15) is 24.7 Å². The van der Waals surface area contributed by atoms with Crippen LogP contribution in [-0.4, -0.2) is 9.97 Å². The van der Waals surface area contributed by atoms with Crippen LogP contribution in [-0.2, 0) is 6.42 Å². The fraction of sp³-hybridized carbons (Fsp3) is 0.286. The molecule has 0 aliphatic heterocycles. The zero-order valence-electron chi connectivity index (χ0n) is 10.7. The van der Waals surface area contributed by atoms with Gasteiger partial charge < -0.3 is 10.5 Å². The molecular formula is C14H17N3O. The zero-order valence-corrected chi connectivity index (χ0v) is 10.7. The number of hydrogen-bond donors (Lipinski definition) is 1. The average molecular weight is 243 g/mol. The third-order valence-corrected chi connectivity index (χ3v) is 2.62. The molecule has 18 heavy (non-hydrogen) atoms. The second-order valence-corrected chi connectivity index (χ2v) is 4.12. The highest BCUT2D eigenvalue weighted by atomic mass is 16.5. The quantitative estimate of drug-likeness (QED) is 0.896. The predicted molar refractivity (Wildman–Crippen MR) is 71.7 cm³/mol. The molecular weight excluding hydrogens is 226 g/mol. The van der Waals surface area contributed by atoms with E-state index < -0.39 is 0 Å². The van der Waals surface area contributed by atoms with Gasteiger partial charge in [0.15, 0.2) is 0 Å². The molecule has 0 radical (unpaired) electrons. The molecule has 1 aromatic carbocycles. The first kappa shape index (κ1) is 12.4. The Morgan fingerprint density at radius 1 is 1.17 bits per heavy atom. The summed E-state index contributed by atoms with van der Waals surface area (Å²) in [6.45, 7) is 3.94. The Kier molecular flexibility index (Phi) is 3.77. The minimum absolute atomic E-state index is 0.486. The zero-order chi connectivity index (χ0) is 13.0. The van der Waals surface area contributed by atoms with Crippen LogP contribution in [0.3, 0.4) is 0 Å². The molecule has 0 fully saturated rings. The molecule has 0 saturated carbocycles. The number of para-hydroxylation sites is 1. The van der Waals surface area contributed by atoms with Crippen LogP contribution in [0.5, 0.6) is 11.6 Å². The first-order chi connectivity index (χ1) is 8.70. The molecule has 0 aliphatic rings. The van der Waals surface area contributed by atoms with Crippen LogP contribution < -0.4 is 10.5 Å². The Balaban J connectivity index is 2.31. The van der Waals surface area contributed by atoms with E-state index in [9.17, 15) is 0 Å². The molecule has 0 saturated heterocycles. The molecule has 0 spiro atoms. The number of hydrogen-bond acceptors (Lipinski definition) is 4. The van der Waals surface area contributed by atoms with Crippen molar-refractivity contribution >= 4 is 5.82 Å². The van der Waals surface area contributed by atoms with E-state index in [4.69, 9.17) is 10.5 Å². The lowest BCUT2D eigenvalue weighted by molar-refractivity contribution is 0.454. The van der Waals surface area contributed by atoms with Gasteiger partial charge in [0, 0.05) is 6.42 Å². The van der Waals surface area contributed by atoms with Crippen LogP contribution in [0.2, 0.25) is 0 Å². The summed E-state index contributed by atoms with van der Waals surface area (Å²) in [6, 6.07) is 9.55. The Morgan fingerprint density at radius 2 is 1.89 bits per heavy atom. The van der Waals surface area contributed by atoms with Crippen molar-refractivity contribution in [3.63, 3.8) is 0 Å². The molecule has 0 amide bonds. The number of nitrogens with zero attached hydrogens (tertiary/aromatic N) is 2.